The summed E-state index contributed by atoms with van der Waals surface area (Å²) in [5.41, 5.74) is 2.16. The van der Waals surface area contributed by atoms with Crippen molar-refractivity contribution in [1.29, 1.82) is 0 Å². The standard InChI is InChI=1S/C22H18ClN5O2S/c1-30-18-10-8-17(9-11-18)28-21(19-7-2-3-12-24-19)26-27-22(28)31-14-20(29)25-16-6-4-5-15(23)13-16/h2-13H,14H2,1H3,(H,25,29). The first kappa shape index (κ1) is 20.9. The molecule has 2 heterocycles. The number of methoxy groups -OCH3 is 1. The van der Waals surface area contributed by atoms with E-state index in [0.717, 1.165) is 11.4 Å². The van der Waals surface area contributed by atoms with Gasteiger partial charge in [0, 0.05) is 16.9 Å². The van der Waals surface area contributed by atoms with Crippen LogP contribution in [0.2, 0.25) is 5.02 Å². The van der Waals surface area contributed by atoms with Crippen molar-refractivity contribution in [2.24, 2.45) is 0 Å². The Hall–Kier alpha value is -3.36. The zero-order valence-corrected chi connectivity index (χ0v) is 18.1. The van der Waals surface area contributed by atoms with Crippen molar-refractivity contribution in [3.8, 4) is 23.0 Å². The second kappa shape index (κ2) is 9.63. The molecule has 7 nitrogen and oxygen atoms in total. The molecule has 0 atom stereocenters. The van der Waals surface area contributed by atoms with Gasteiger partial charge in [0.1, 0.15) is 11.4 Å². The molecule has 9 heteroatoms. The Morgan fingerprint density at radius 2 is 1.94 bits per heavy atom. The van der Waals surface area contributed by atoms with Crippen LogP contribution in [0.5, 0.6) is 5.75 Å². The van der Waals surface area contributed by atoms with Crippen molar-refractivity contribution in [2.75, 3.05) is 18.2 Å². The molecular weight excluding hydrogens is 434 g/mol. The number of rotatable bonds is 7. The molecule has 4 rings (SSSR count). The highest BCUT2D eigenvalue weighted by Gasteiger charge is 2.18. The smallest absolute Gasteiger partial charge is 0.234 e. The van der Waals surface area contributed by atoms with Crippen LogP contribution in [-0.2, 0) is 4.79 Å². The maximum Gasteiger partial charge on any atom is 0.234 e. The van der Waals surface area contributed by atoms with Crippen LogP contribution in [0.3, 0.4) is 0 Å². The van der Waals surface area contributed by atoms with Crippen molar-refractivity contribution in [3.05, 3.63) is 77.9 Å². The van der Waals surface area contributed by atoms with Crippen LogP contribution in [0.15, 0.2) is 78.1 Å². The molecule has 0 saturated carbocycles. The second-order valence-electron chi connectivity index (χ2n) is 6.40. The molecule has 0 aliphatic carbocycles. The Kier molecular flexibility index (Phi) is 6.49. The first-order valence-corrected chi connectivity index (χ1v) is 10.7. The van der Waals surface area contributed by atoms with Crippen LogP contribution in [0.1, 0.15) is 0 Å². The predicted octanol–water partition coefficient (Wildman–Crippen LogP) is 4.72. The van der Waals surface area contributed by atoms with E-state index in [9.17, 15) is 4.79 Å². The number of nitrogens with zero attached hydrogens (tertiary/aromatic N) is 4. The van der Waals surface area contributed by atoms with Gasteiger partial charge in [-0.25, -0.2) is 0 Å². The fourth-order valence-corrected chi connectivity index (χ4v) is 3.82. The van der Waals surface area contributed by atoms with Gasteiger partial charge in [-0.3, -0.25) is 14.3 Å². The van der Waals surface area contributed by atoms with E-state index in [1.165, 1.54) is 11.8 Å². The van der Waals surface area contributed by atoms with Crippen molar-refractivity contribution in [3.63, 3.8) is 0 Å². The Balaban J connectivity index is 1.59. The largest absolute Gasteiger partial charge is 0.497 e. The van der Waals surface area contributed by atoms with E-state index >= 15 is 0 Å². The van der Waals surface area contributed by atoms with E-state index in [1.807, 2.05) is 47.0 Å². The molecule has 4 aromatic rings. The van der Waals surface area contributed by atoms with E-state index in [0.29, 0.717) is 27.4 Å². The number of carbonyl (C=O) groups excluding carboxylic acids is 1. The number of amides is 1. The lowest BCUT2D eigenvalue weighted by Gasteiger charge is -2.11. The van der Waals surface area contributed by atoms with Crippen molar-refractivity contribution < 1.29 is 9.53 Å². The predicted molar refractivity (Wildman–Crippen MR) is 122 cm³/mol. The minimum absolute atomic E-state index is 0.156. The highest BCUT2D eigenvalue weighted by atomic mass is 35.5. The minimum atomic E-state index is -0.170. The fourth-order valence-electron chi connectivity index (χ4n) is 2.88. The van der Waals surface area contributed by atoms with Gasteiger partial charge < -0.3 is 10.1 Å². The Morgan fingerprint density at radius 3 is 2.65 bits per heavy atom. The maximum atomic E-state index is 12.4. The third kappa shape index (κ3) is 5.04. The molecule has 1 amide bonds. The fraction of sp³-hybridized carbons (Fsp3) is 0.0909. The molecule has 2 aromatic heterocycles. The normalized spacial score (nSPS) is 10.6. The third-order valence-electron chi connectivity index (χ3n) is 4.30. The molecule has 31 heavy (non-hydrogen) atoms. The van der Waals surface area contributed by atoms with E-state index in [-0.39, 0.29) is 11.7 Å². The molecule has 0 bridgehead atoms. The maximum absolute atomic E-state index is 12.4. The zero-order valence-electron chi connectivity index (χ0n) is 16.5. The number of ether oxygens (including phenoxy) is 1. The van der Waals surface area contributed by atoms with Gasteiger partial charge in [0.25, 0.3) is 0 Å². The van der Waals surface area contributed by atoms with Crippen molar-refractivity contribution >= 4 is 35.0 Å². The van der Waals surface area contributed by atoms with Gasteiger partial charge in [-0.1, -0.05) is 35.5 Å². The Labute approximate surface area is 188 Å². The summed E-state index contributed by atoms with van der Waals surface area (Å²) in [5.74, 6) is 1.31. The molecule has 0 aliphatic rings. The monoisotopic (exact) mass is 451 g/mol. The number of pyridine rings is 1. The lowest BCUT2D eigenvalue weighted by molar-refractivity contribution is -0.113. The summed E-state index contributed by atoms with van der Waals surface area (Å²) < 4.78 is 7.13. The molecule has 0 saturated heterocycles. The first-order chi connectivity index (χ1) is 15.1. The summed E-state index contributed by atoms with van der Waals surface area (Å²) in [6.07, 6.45) is 1.70. The third-order valence-corrected chi connectivity index (χ3v) is 5.46. The second-order valence-corrected chi connectivity index (χ2v) is 7.78. The zero-order chi connectivity index (χ0) is 21.6. The molecule has 2 aromatic carbocycles. The summed E-state index contributed by atoms with van der Waals surface area (Å²) in [7, 11) is 1.62. The van der Waals surface area contributed by atoms with E-state index < -0.39 is 0 Å². The van der Waals surface area contributed by atoms with Crippen LogP contribution in [-0.4, -0.2) is 38.5 Å². The molecule has 0 unspecified atom stereocenters. The number of hydrogen-bond donors (Lipinski definition) is 1. The molecule has 0 fully saturated rings. The van der Waals surface area contributed by atoms with Crippen LogP contribution in [0.25, 0.3) is 17.2 Å². The van der Waals surface area contributed by atoms with Crippen molar-refractivity contribution in [1.82, 2.24) is 19.7 Å². The van der Waals surface area contributed by atoms with E-state index in [2.05, 4.69) is 20.5 Å². The lowest BCUT2D eigenvalue weighted by atomic mass is 10.3. The van der Waals surface area contributed by atoms with Gasteiger partial charge in [-0.05, 0) is 54.6 Å². The summed E-state index contributed by atoms with van der Waals surface area (Å²) in [4.78, 5) is 16.8. The van der Waals surface area contributed by atoms with Gasteiger partial charge in [-0.15, -0.1) is 10.2 Å². The molecule has 156 valence electrons. The number of anilines is 1. The molecule has 0 spiro atoms. The van der Waals surface area contributed by atoms with Gasteiger partial charge in [0.2, 0.25) is 5.91 Å². The van der Waals surface area contributed by atoms with Gasteiger partial charge in [0.05, 0.1) is 18.6 Å². The van der Waals surface area contributed by atoms with Gasteiger partial charge in [-0.2, -0.15) is 0 Å². The van der Waals surface area contributed by atoms with E-state index in [1.54, 1.807) is 37.6 Å². The molecule has 0 aliphatic heterocycles. The summed E-state index contributed by atoms with van der Waals surface area (Å²) >= 11 is 7.26. The topological polar surface area (TPSA) is 81.9 Å². The van der Waals surface area contributed by atoms with Crippen LogP contribution < -0.4 is 10.1 Å². The van der Waals surface area contributed by atoms with Crippen LogP contribution in [0, 0.1) is 0 Å². The molecular formula is C22H18ClN5O2S. The number of thioether (sulfide) groups is 1. The van der Waals surface area contributed by atoms with Crippen LogP contribution >= 0.6 is 23.4 Å². The van der Waals surface area contributed by atoms with E-state index in [4.69, 9.17) is 16.3 Å². The van der Waals surface area contributed by atoms with Crippen LogP contribution in [0.4, 0.5) is 5.69 Å². The lowest BCUT2D eigenvalue weighted by Crippen LogP contribution is -2.14. The number of carbonyl (C=O) groups is 1. The quantitative estimate of drug-likeness (QED) is 0.409. The van der Waals surface area contributed by atoms with Gasteiger partial charge in [0.15, 0.2) is 11.0 Å². The van der Waals surface area contributed by atoms with Crippen molar-refractivity contribution in [2.45, 2.75) is 5.16 Å². The Morgan fingerprint density at radius 1 is 1.10 bits per heavy atom. The Bertz CT molecular complexity index is 1180. The number of aromatic nitrogens is 4. The number of nitrogens with one attached hydrogen (secondary N) is 1. The highest BCUT2D eigenvalue weighted by molar-refractivity contribution is 7.99. The summed E-state index contributed by atoms with van der Waals surface area (Å²) in [6.45, 7) is 0. The number of hydrogen-bond acceptors (Lipinski definition) is 6. The summed E-state index contributed by atoms with van der Waals surface area (Å²) in [5, 5.41) is 12.6. The average Bonchev–Trinajstić information content (AvgIpc) is 3.22. The van der Waals surface area contributed by atoms with Gasteiger partial charge >= 0.3 is 0 Å². The SMILES string of the molecule is COc1ccc(-n2c(SCC(=O)Nc3cccc(Cl)c3)nnc2-c2ccccn2)cc1. The number of halogens is 1. The molecule has 0 radical (unpaired) electrons. The average molecular weight is 452 g/mol. The molecule has 1 N–H and O–H groups in total. The first-order valence-electron chi connectivity index (χ1n) is 9.33. The number of benzene rings is 2. The highest BCUT2D eigenvalue weighted by Crippen LogP contribution is 2.28. The summed E-state index contributed by atoms with van der Waals surface area (Å²) in [6, 6.07) is 20.1. The minimum Gasteiger partial charge on any atom is -0.497 e.